The van der Waals surface area contributed by atoms with Gasteiger partial charge in [0, 0.05) is 35.2 Å². The molecule has 170 valence electrons. The maximum atomic E-state index is 12.7. The van der Waals surface area contributed by atoms with Gasteiger partial charge in [0.15, 0.2) is 0 Å². The lowest BCUT2D eigenvalue weighted by molar-refractivity contribution is -0.133. The summed E-state index contributed by atoms with van der Waals surface area (Å²) in [5, 5.41) is 6.31. The van der Waals surface area contributed by atoms with Crippen LogP contribution in [0.15, 0.2) is 40.6 Å². The summed E-state index contributed by atoms with van der Waals surface area (Å²) in [6.45, 7) is 6.12. The van der Waals surface area contributed by atoms with Crippen molar-refractivity contribution in [2.24, 2.45) is 10.6 Å². The van der Waals surface area contributed by atoms with Crippen molar-refractivity contribution in [3.8, 4) is 11.3 Å². The van der Waals surface area contributed by atoms with Gasteiger partial charge in [0.05, 0.1) is 23.8 Å². The second-order valence-electron chi connectivity index (χ2n) is 8.85. The molecule has 2 aromatic rings. The van der Waals surface area contributed by atoms with Gasteiger partial charge in [-0.1, -0.05) is 37.5 Å². The van der Waals surface area contributed by atoms with Crippen molar-refractivity contribution in [1.29, 1.82) is 0 Å². The Morgan fingerprint density at radius 3 is 2.50 bits per heavy atom. The molecule has 1 aliphatic heterocycles. The number of benzene rings is 1. The van der Waals surface area contributed by atoms with Crippen LogP contribution in [0.3, 0.4) is 0 Å². The second-order valence-corrected chi connectivity index (χ2v) is 9.29. The van der Waals surface area contributed by atoms with Crippen molar-refractivity contribution >= 4 is 29.1 Å². The smallest absolute Gasteiger partial charge is 0.254 e. The first-order chi connectivity index (χ1) is 15.1. The molecule has 1 aromatic carbocycles. The van der Waals surface area contributed by atoms with Gasteiger partial charge in [0.2, 0.25) is 11.8 Å². The summed E-state index contributed by atoms with van der Waals surface area (Å²) in [4.78, 5) is 54.3. The number of hydrogen-bond donors (Lipinski definition) is 1. The van der Waals surface area contributed by atoms with Gasteiger partial charge < -0.3 is 10.2 Å². The van der Waals surface area contributed by atoms with Crippen molar-refractivity contribution in [3.05, 3.63) is 50.9 Å². The summed E-state index contributed by atoms with van der Waals surface area (Å²) >= 11 is 6.10. The first kappa shape index (κ1) is 23.6. The van der Waals surface area contributed by atoms with Crippen molar-refractivity contribution in [3.63, 3.8) is 0 Å². The number of hydrogen-bond acceptors (Lipinski definition) is 6. The Balaban J connectivity index is 1.80. The van der Waals surface area contributed by atoms with Crippen LogP contribution in [0.5, 0.6) is 0 Å². The Hall–Kier alpha value is -3.07. The summed E-state index contributed by atoms with van der Waals surface area (Å²) in [6.07, 6.45) is 2.38. The molecule has 0 aliphatic carbocycles. The number of anilines is 1. The molecular weight excluding hydrogens is 434 g/mol. The van der Waals surface area contributed by atoms with Crippen molar-refractivity contribution in [2.75, 3.05) is 18.4 Å². The third-order valence-electron chi connectivity index (χ3n) is 5.34. The predicted octanol–water partition coefficient (Wildman–Crippen LogP) is 3.31. The SMILES string of the molecule is CC(C)(C)C(=O)Nc1cc(Cl)ccc1-c1cc(=O)n(CC(=O)N2CCC(N=O)CC2)cn1. The van der Waals surface area contributed by atoms with Crippen LogP contribution in [0.1, 0.15) is 33.6 Å². The number of nitroso groups, excluding NO2 is 1. The molecule has 10 heteroatoms. The average Bonchev–Trinajstić information content (AvgIpc) is 2.74. The monoisotopic (exact) mass is 459 g/mol. The van der Waals surface area contributed by atoms with E-state index < -0.39 is 11.0 Å². The molecule has 0 unspecified atom stereocenters. The third kappa shape index (κ3) is 5.59. The van der Waals surface area contributed by atoms with Crippen LogP contribution in [0.4, 0.5) is 5.69 Å². The van der Waals surface area contributed by atoms with E-state index in [1.807, 2.05) is 0 Å². The van der Waals surface area contributed by atoms with Gasteiger partial charge in [-0.2, -0.15) is 4.91 Å². The highest BCUT2D eigenvalue weighted by atomic mass is 35.5. The molecule has 0 atom stereocenters. The largest absolute Gasteiger partial charge is 0.341 e. The zero-order valence-electron chi connectivity index (χ0n) is 18.3. The highest BCUT2D eigenvalue weighted by Gasteiger charge is 2.24. The van der Waals surface area contributed by atoms with Gasteiger partial charge in [-0.25, -0.2) is 4.98 Å². The quantitative estimate of drug-likeness (QED) is 0.689. The van der Waals surface area contributed by atoms with Crippen LogP contribution in [-0.4, -0.2) is 45.4 Å². The van der Waals surface area contributed by atoms with Crippen molar-refractivity contribution in [2.45, 2.75) is 46.2 Å². The number of carbonyl (C=O) groups is 2. The van der Waals surface area contributed by atoms with E-state index >= 15 is 0 Å². The van der Waals surface area contributed by atoms with Crippen LogP contribution >= 0.6 is 11.6 Å². The van der Waals surface area contributed by atoms with E-state index in [4.69, 9.17) is 11.6 Å². The van der Waals surface area contributed by atoms with Crippen LogP contribution in [0.2, 0.25) is 5.02 Å². The zero-order chi connectivity index (χ0) is 23.5. The van der Waals surface area contributed by atoms with Gasteiger partial charge >= 0.3 is 0 Å². The van der Waals surface area contributed by atoms with Crippen LogP contribution in [0, 0.1) is 10.3 Å². The fourth-order valence-electron chi connectivity index (χ4n) is 3.31. The molecule has 1 saturated heterocycles. The average molecular weight is 460 g/mol. The number of nitrogens with one attached hydrogen (secondary N) is 1. The number of nitrogens with zero attached hydrogens (tertiary/aromatic N) is 4. The highest BCUT2D eigenvalue weighted by molar-refractivity contribution is 6.31. The third-order valence-corrected chi connectivity index (χ3v) is 5.57. The molecule has 3 rings (SSSR count). The van der Waals surface area contributed by atoms with Crippen LogP contribution in [-0.2, 0) is 16.1 Å². The number of piperidine rings is 1. The molecule has 0 spiro atoms. The van der Waals surface area contributed by atoms with E-state index in [2.05, 4.69) is 15.5 Å². The first-order valence-electron chi connectivity index (χ1n) is 10.4. The molecule has 1 N–H and O–H groups in total. The lowest BCUT2D eigenvalue weighted by Crippen LogP contribution is -2.42. The van der Waals surface area contributed by atoms with Gasteiger partial charge in [0.25, 0.3) is 5.56 Å². The van der Waals surface area contributed by atoms with E-state index in [-0.39, 0.29) is 24.4 Å². The maximum absolute atomic E-state index is 12.7. The topological polar surface area (TPSA) is 114 Å². The van der Waals surface area contributed by atoms with E-state index in [0.29, 0.717) is 47.9 Å². The number of amides is 2. The minimum Gasteiger partial charge on any atom is -0.341 e. The standard InChI is InChI=1S/C22H26ClN5O4/c1-22(2,3)21(31)25-18-10-14(23)4-5-16(18)17-11-19(29)28(13-24-17)12-20(30)27-8-6-15(26-32)7-9-27/h4-5,10-11,13,15H,6-9,12H2,1-3H3,(H,25,31). The Labute approximate surface area is 190 Å². The van der Waals surface area contributed by atoms with E-state index in [1.165, 1.54) is 17.0 Å². The number of carbonyl (C=O) groups excluding carboxylic acids is 2. The summed E-state index contributed by atoms with van der Waals surface area (Å²) in [5.74, 6) is -0.413. The fraction of sp³-hybridized carbons (Fsp3) is 0.455. The van der Waals surface area contributed by atoms with E-state index in [0.717, 1.165) is 0 Å². The van der Waals surface area contributed by atoms with Crippen LogP contribution < -0.4 is 10.9 Å². The van der Waals surface area contributed by atoms with E-state index in [9.17, 15) is 19.3 Å². The Bertz CT molecular complexity index is 1080. The van der Waals surface area contributed by atoms with Gasteiger partial charge in [-0.05, 0) is 31.0 Å². The van der Waals surface area contributed by atoms with Gasteiger partial charge in [-0.3, -0.25) is 19.0 Å². The molecule has 1 aromatic heterocycles. The Morgan fingerprint density at radius 1 is 1.22 bits per heavy atom. The first-order valence-corrected chi connectivity index (χ1v) is 10.7. The fourth-order valence-corrected chi connectivity index (χ4v) is 3.48. The summed E-state index contributed by atoms with van der Waals surface area (Å²) in [5.41, 5.74) is 0.344. The molecule has 0 radical (unpaired) electrons. The zero-order valence-corrected chi connectivity index (χ0v) is 19.1. The number of likely N-dealkylation sites (tertiary alicyclic amines) is 1. The number of halogens is 1. The van der Waals surface area contributed by atoms with Crippen LogP contribution in [0.25, 0.3) is 11.3 Å². The number of aromatic nitrogens is 2. The lowest BCUT2D eigenvalue weighted by atomic mass is 9.95. The molecule has 2 amide bonds. The molecule has 1 fully saturated rings. The Morgan fingerprint density at radius 2 is 1.91 bits per heavy atom. The summed E-state index contributed by atoms with van der Waals surface area (Å²) in [6, 6.07) is 6.01. The minimum absolute atomic E-state index is 0.139. The van der Waals surface area contributed by atoms with Crippen molar-refractivity contribution in [1.82, 2.24) is 14.5 Å². The normalized spacial score (nSPS) is 14.8. The maximum Gasteiger partial charge on any atom is 0.254 e. The molecule has 9 nitrogen and oxygen atoms in total. The molecule has 0 saturated carbocycles. The number of rotatable bonds is 5. The lowest BCUT2D eigenvalue weighted by Gasteiger charge is -2.29. The Kier molecular flexibility index (Phi) is 7.08. The summed E-state index contributed by atoms with van der Waals surface area (Å²) in [7, 11) is 0. The minimum atomic E-state index is -0.618. The highest BCUT2D eigenvalue weighted by Crippen LogP contribution is 2.30. The molecule has 1 aliphatic rings. The molecule has 0 bridgehead atoms. The van der Waals surface area contributed by atoms with Gasteiger partial charge in [0.1, 0.15) is 6.54 Å². The van der Waals surface area contributed by atoms with Crippen molar-refractivity contribution < 1.29 is 9.59 Å². The summed E-state index contributed by atoms with van der Waals surface area (Å²) < 4.78 is 1.24. The molecular formula is C22H26ClN5O4. The second kappa shape index (κ2) is 9.60. The molecule has 32 heavy (non-hydrogen) atoms. The van der Waals surface area contributed by atoms with E-state index in [1.54, 1.807) is 43.9 Å². The molecule has 2 heterocycles. The predicted molar refractivity (Wildman–Crippen MR) is 122 cm³/mol. The van der Waals surface area contributed by atoms with Gasteiger partial charge in [-0.15, -0.1) is 0 Å².